The van der Waals surface area contributed by atoms with Crippen molar-refractivity contribution in [2.45, 2.75) is 416 Å². The molecule has 0 amide bonds. The average molecular weight is 1640 g/mol. The van der Waals surface area contributed by atoms with Crippen LogP contribution in [0.1, 0.15) is 427 Å². The lowest BCUT2D eigenvalue weighted by Gasteiger charge is -2.33. The molecule has 0 aliphatic carbocycles. The molecule has 0 radical (unpaired) electrons. The lowest BCUT2D eigenvalue weighted by molar-refractivity contribution is 0.197. The van der Waals surface area contributed by atoms with Crippen molar-refractivity contribution in [3.63, 3.8) is 0 Å². The van der Waals surface area contributed by atoms with E-state index >= 15 is 0 Å². The second-order valence-corrected chi connectivity index (χ2v) is 39.7. The minimum atomic E-state index is -1.99. The summed E-state index contributed by atoms with van der Waals surface area (Å²) >= 11 is 0. The Hall–Kier alpha value is -4.71. The van der Waals surface area contributed by atoms with Gasteiger partial charge in [0.05, 0.1) is 19.8 Å². The quantitative estimate of drug-likeness (QED) is 0.0274. The largest absolute Gasteiger partial charge is 0.530 e. The number of unbranched alkanes of at least 4 members (excludes halogenated alkanes) is 30. The van der Waals surface area contributed by atoms with Gasteiger partial charge in [0.25, 0.3) is 0 Å². The van der Waals surface area contributed by atoms with E-state index in [-0.39, 0.29) is 28.1 Å². The molecule has 3 unspecified atom stereocenters. The Bertz CT molecular complexity index is 3520. The van der Waals surface area contributed by atoms with E-state index in [1.807, 2.05) is 0 Å². The summed E-state index contributed by atoms with van der Waals surface area (Å²) in [6, 6.07) is 40.1. The third kappa shape index (κ3) is 36.6. The van der Waals surface area contributed by atoms with Gasteiger partial charge >= 0.3 is 25.8 Å². The molecule has 0 heterocycles. The molecule has 0 aromatic heterocycles. The van der Waals surface area contributed by atoms with E-state index in [2.05, 4.69) is 241 Å². The molecule has 0 aliphatic heterocycles. The highest BCUT2D eigenvalue weighted by molar-refractivity contribution is 7.43. The molecule has 6 rings (SSSR count). The fourth-order valence-corrected chi connectivity index (χ4v) is 18.9. The van der Waals surface area contributed by atoms with Gasteiger partial charge in [-0.05, 0) is 194 Å². The van der Waals surface area contributed by atoms with Crippen LogP contribution in [0.3, 0.4) is 0 Å². The SMILES string of the molecule is CCCCCCCCOP(OCCCCCCCC)Oc1cc(C)c(C(CC(C)c2cc(C(C)(C)C)c(OP(Oc3ccccc3CCCCCCCC)Oc3ccccc3CCCCCCCC)cc2C)c2cc(C(C)(C)C)c(OP(OCCCCCCCC)Oc3ccccc3CCCCCCCC)cc2C)cc1C(C)(C)C. The molecule has 0 fully saturated rings. The van der Waals surface area contributed by atoms with Crippen LogP contribution in [0.5, 0.6) is 34.5 Å². The summed E-state index contributed by atoms with van der Waals surface area (Å²) in [5, 5.41) is 0. The minimum absolute atomic E-state index is 0.0684. The highest BCUT2D eigenvalue weighted by Gasteiger charge is 2.35. The van der Waals surface area contributed by atoms with Gasteiger partial charge in [0.15, 0.2) is 0 Å². The van der Waals surface area contributed by atoms with Crippen molar-refractivity contribution in [1.82, 2.24) is 0 Å². The molecule has 6 aromatic rings. The van der Waals surface area contributed by atoms with E-state index in [9.17, 15) is 0 Å². The van der Waals surface area contributed by atoms with Gasteiger partial charge in [-0.25, -0.2) is 0 Å². The Balaban J connectivity index is 1.51. The summed E-state index contributed by atoms with van der Waals surface area (Å²) in [5.41, 5.74) is 13.4. The van der Waals surface area contributed by atoms with Crippen molar-refractivity contribution in [2.24, 2.45) is 0 Å². The first-order valence-corrected chi connectivity index (χ1v) is 49.8. The highest BCUT2D eigenvalue weighted by atomic mass is 31.2. The van der Waals surface area contributed by atoms with Gasteiger partial charge in [0.1, 0.15) is 34.5 Å². The van der Waals surface area contributed by atoms with Crippen LogP contribution in [0.25, 0.3) is 0 Å². The van der Waals surface area contributed by atoms with Crippen molar-refractivity contribution >= 4 is 25.8 Å². The van der Waals surface area contributed by atoms with Crippen LogP contribution in [-0.4, -0.2) is 19.8 Å². The van der Waals surface area contributed by atoms with Crippen molar-refractivity contribution in [1.29, 1.82) is 0 Å². The fourth-order valence-electron chi connectivity index (χ4n) is 15.7. The summed E-state index contributed by atoms with van der Waals surface area (Å²) in [7, 11) is -5.51. The number of para-hydroxylation sites is 3. The third-order valence-electron chi connectivity index (χ3n) is 22.8. The minimum Gasteiger partial charge on any atom is -0.426 e. The number of hydrogen-bond acceptors (Lipinski definition) is 9. The van der Waals surface area contributed by atoms with Crippen molar-refractivity contribution < 1.29 is 40.7 Å². The Morgan fingerprint density at radius 2 is 0.513 bits per heavy atom. The van der Waals surface area contributed by atoms with Gasteiger partial charge in [-0.15, -0.1) is 0 Å². The molecular formula is C103H163O9P3. The molecule has 115 heavy (non-hydrogen) atoms. The fraction of sp³-hybridized carbons (Fsp3) is 0.650. The highest BCUT2D eigenvalue weighted by Crippen LogP contribution is 2.53. The number of aryl methyl sites for hydroxylation is 6. The second kappa shape index (κ2) is 55.3. The van der Waals surface area contributed by atoms with Crippen LogP contribution in [0, 0.1) is 20.8 Å². The van der Waals surface area contributed by atoms with Gasteiger partial charge in [0, 0.05) is 22.6 Å². The molecule has 6 aromatic carbocycles. The first kappa shape index (κ1) is 99.1. The molecule has 0 aliphatic rings. The zero-order valence-electron chi connectivity index (χ0n) is 76.5. The Morgan fingerprint density at radius 1 is 0.270 bits per heavy atom. The molecule has 0 N–H and O–H groups in total. The van der Waals surface area contributed by atoms with Crippen LogP contribution >= 0.6 is 25.8 Å². The Labute approximate surface area is 708 Å². The first-order valence-electron chi connectivity index (χ1n) is 46.5. The molecule has 12 heteroatoms. The average Bonchev–Trinajstić information content (AvgIpc) is 0.761. The number of benzene rings is 6. The lowest BCUT2D eigenvalue weighted by atomic mass is 9.74. The van der Waals surface area contributed by atoms with Gasteiger partial charge in [0.2, 0.25) is 0 Å². The summed E-state index contributed by atoms with van der Waals surface area (Å²) < 4.78 is 63.8. The summed E-state index contributed by atoms with van der Waals surface area (Å²) in [4.78, 5) is 0. The Morgan fingerprint density at radius 3 is 0.835 bits per heavy atom. The van der Waals surface area contributed by atoms with Crippen LogP contribution in [0.2, 0.25) is 0 Å². The molecule has 3 atom stereocenters. The van der Waals surface area contributed by atoms with Gasteiger partial charge in [-0.2, -0.15) is 0 Å². The number of rotatable bonds is 62. The van der Waals surface area contributed by atoms with Gasteiger partial charge in [-0.1, -0.05) is 376 Å². The summed E-state index contributed by atoms with van der Waals surface area (Å²) in [6.07, 6.45) is 47.1. The molecule has 0 bridgehead atoms. The zero-order chi connectivity index (χ0) is 83.3. The summed E-state index contributed by atoms with van der Waals surface area (Å²) in [5.74, 6) is 4.96. The van der Waals surface area contributed by atoms with Crippen molar-refractivity contribution in [2.75, 3.05) is 19.8 Å². The van der Waals surface area contributed by atoms with Gasteiger partial charge in [-0.3, -0.25) is 4.52 Å². The predicted octanol–water partition coefficient (Wildman–Crippen LogP) is 34.7. The zero-order valence-corrected chi connectivity index (χ0v) is 79.2. The van der Waals surface area contributed by atoms with Crippen molar-refractivity contribution in [3.05, 3.63) is 176 Å². The maximum atomic E-state index is 7.43. The van der Waals surface area contributed by atoms with E-state index in [4.69, 9.17) is 40.7 Å². The predicted molar refractivity (Wildman–Crippen MR) is 498 cm³/mol. The number of hydrogen-bond donors (Lipinski definition) is 0. The van der Waals surface area contributed by atoms with Crippen LogP contribution in [0.4, 0.5) is 0 Å². The normalized spacial score (nSPS) is 12.9. The monoisotopic (exact) mass is 1640 g/mol. The molecule has 0 spiro atoms. The van der Waals surface area contributed by atoms with Crippen LogP contribution in [0.15, 0.2) is 109 Å². The molecule has 9 nitrogen and oxygen atoms in total. The van der Waals surface area contributed by atoms with Gasteiger partial charge < -0.3 is 36.2 Å². The van der Waals surface area contributed by atoms with E-state index in [1.165, 1.54) is 218 Å². The van der Waals surface area contributed by atoms with Crippen LogP contribution < -0.4 is 27.1 Å². The topological polar surface area (TPSA) is 83.1 Å². The molecule has 0 saturated heterocycles. The smallest absolute Gasteiger partial charge is 0.426 e. The van der Waals surface area contributed by atoms with Crippen LogP contribution in [-0.2, 0) is 49.1 Å². The standard InChI is InChI=1S/C103H163O9P3/c1-20-26-32-38-44-50-62-85-65-53-56-68-95(85)107-114(106-73-61-49-43-37-31-25-6)111-99-77-84(10)90(80-94(99)103(17,18)19)91(89-79-93(102(14,15)16)98(76-83(89)9)110-113(104-71-59-47-41-35-29-23-4)105-72-60-48-42-36-30-24-5)74-81(7)88-78-92(101(11,12)13)100(75-82(88)8)112-115(108-96-69-57-54-66-86(96)63-51-45-39-33-27-21-2)109-97-70-58-55-67-87(97)64-52-46-40-34-28-22-3/h53-58,65-70,75-81,91H,20-52,59-64,71-74H2,1-19H3. The third-order valence-corrected chi connectivity index (χ3v) is 26.1. The maximum absolute atomic E-state index is 7.43. The summed E-state index contributed by atoms with van der Waals surface area (Å²) in [6.45, 7) is 45.7. The molecular weight excluding hydrogens is 1470 g/mol. The second-order valence-electron chi connectivity index (χ2n) is 36.5. The van der Waals surface area contributed by atoms with E-state index < -0.39 is 25.8 Å². The molecule has 644 valence electrons. The maximum Gasteiger partial charge on any atom is 0.530 e. The first-order chi connectivity index (χ1) is 55.4. The van der Waals surface area contributed by atoms with E-state index in [1.54, 1.807) is 0 Å². The van der Waals surface area contributed by atoms with Crippen molar-refractivity contribution in [3.8, 4) is 34.5 Å². The van der Waals surface area contributed by atoms with E-state index in [0.717, 1.165) is 140 Å². The Kier molecular flexibility index (Phi) is 47.6. The molecule has 0 saturated carbocycles. The van der Waals surface area contributed by atoms with E-state index in [0.29, 0.717) is 19.8 Å². The lowest BCUT2D eigenvalue weighted by Crippen LogP contribution is -2.19.